The van der Waals surface area contributed by atoms with Crippen molar-refractivity contribution in [3.8, 4) is 0 Å². The maximum atomic E-state index is 12.4. The summed E-state index contributed by atoms with van der Waals surface area (Å²) in [4.78, 5) is 16.5. The topological polar surface area (TPSA) is 53.0 Å². The van der Waals surface area contributed by atoms with Gasteiger partial charge < -0.3 is 19.6 Å². The minimum Gasteiger partial charge on any atom is -0.444 e. The summed E-state index contributed by atoms with van der Waals surface area (Å²) in [5, 5.41) is 9.59. The van der Waals surface area contributed by atoms with E-state index in [9.17, 15) is 9.90 Å². The quantitative estimate of drug-likeness (QED) is 0.302. The number of anilines is 1. The Bertz CT molecular complexity index is 1180. The van der Waals surface area contributed by atoms with Gasteiger partial charge in [-0.3, -0.25) is 0 Å². The second-order valence-electron chi connectivity index (χ2n) is 10.5. The second-order valence-corrected chi connectivity index (χ2v) is 11.4. The van der Waals surface area contributed by atoms with Gasteiger partial charge in [0.15, 0.2) is 0 Å². The van der Waals surface area contributed by atoms with Crippen LogP contribution in [-0.4, -0.2) is 54.5 Å². The Morgan fingerprint density at radius 3 is 2.08 bits per heavy atom. The molecule has 0 unspecified atom stereocenters. The zero-order valence-corrected chi connectivity index (χ0v) is 25.2. The van der Waals surface area contributed by atoms with Crippen LogP contribution in [0.1, 0.15) is 51.7 Å². The molecule has 1 fully saturated rings. The van der Waals surface area contributed by atoms with E-state index in [1.807, 2.05) is 52.0 Å². The Morgan fingerprint density at radius 2 is 1.51 bits per heavy atom. The van der Waals surface area contributed by atoms with Crippen LogP contribution in [0.15, 0.2) is 95.0 Å². The Morgan fingerprint density at radius 1 is 0.923 bits per heavy atom. The van der Waals surface area contributed by atoms with E-state index in [-0.39, 0.29) is 12.7 Å². The van der Waals surface area contributed by atoms with Crippen molar-refractivity contribution in [2.45, 2.75) is 46.1 Å². The molecule has 1 N–H and O–H groups in total. The number of ether oxygens (including phenoxy) is 1. The van der Waals surface area contributed by atoms with Crippen molar-refractivity contribution in [2.75, 3.05) is 37.7 Å². The van der Waals surface area contributed by atoms with Crippen LogP contribution in [0.2, 0.25) is 0 Å². The molecule has 0 spiro atoms. The van der Waals surface area contributed by atoms with Gasteiger partial charge in [-0.05, 0) is 87.1 Å². The van der Waals surface area contributed by atoms with Crippen LogP contribution in [0, 0.1) is 0 Å². The van der Waals surface area contributed by atoms with Crippen molar-refractivity contribution in [1.29, 1.82) is 0 Å². The van der Waals surface area contributed by atoms with Crippen LogP contribution in [0.4, 0.5) is 10.5 Å². The average Bonchev–Trinajstić information content (AvgIpc) is 2.92. The first-order valence-corrected chi connectivity index (χ1v) is 14.4. The van der Waals surface area contributed by atoms with Crippen molar-refractivity contribution >= 4 is 33.3 Å². The standard InChI is InChI=1S/C33H41BrN2O3/c1-5-6-7-8-9-11-26(12-10-25-37)31(27-13-17-29(34)18-14-27)28-15-19-30(20-16-28)35-21-23-36(24-22-35)32(38)39-33(2,3)4/h5-9,11,13-20,37H,10,12,21-25H2,1-4H3/b6-5-,8-7-,11-9+,31-26+. The lowest BCUT2D eigenvalue weighted by molar-refractivity contribution is 0.0240. The number of rotatable bonds is 9. The van der Waals surface area contributed by atoms with Gasteiger partial charge in [0.2, 0.25) is 0 Å². The third-order valence-electron chi connectivity index (χ3n) is 6.33. The summed E-state index contributed by atoms with van der Waals surface area (Å²) >= 11 is 3.56. The fourth-order valence-corrected chi connectivity index (χ4v) is 4.70. The smallest absolute Gasteiger partial charge is 0.410 e. The molecule has 0 saturated carbocycles. The van der Waals surface area contributed by atoms with Gasteiger partial charge in [0.05, 0.1) is 0 Å². The summed E-state index contributed by atoms with van der Waals surface area (Å²) in [5.41, 5.74) is 5.25. The highest BCUT2D eigenvalue weighted by atomic mass is 79.9. The largest absolute Gasteiger partial charge is 0.444 e. The van der Waals surface area contributed by atoms with Crippen molar-refractivity contribution in [1.82, 2.24) is 4.90 Å². The first kappa shape index (κ1) is 30.5. The highest BCUT2D eigenvalue weighted by molar-refractivity contribution is 9.10. The van der Waals surface area contributed by atoms with Gasteiger partial charge in [-0.1, -0.05) is 76.7 Å². The van der Waals surface area contributed by atoms with E-state index in [0.717, 1.165) is 46.4 Å². The minimum absolute atomic E-state index is 0.146. The van der Waals surface area contributed by atoms with Crippen LogP contribution in [0.3, 0.4) is 0 Å². The molecule has 2 aromatic carbocycles. The molecule has 2 aromatic rings. The molecule has 6 heteroatoms. The third-order valence-corrected chi connectivity index (χ3v) is 6.86. The van der Waals surface area contributed by atoms with Gasteiger partial charge >= 0.3 is 6.09 Å². The number of carbonyl (C=O) groups is 1. The molecule has 0 bridgehead atoms. The van der Waals surface area contributed by atoms with E-state index in [1.54, 1.807) is 4.90 Å². The van der Waals surface area contributed by atoms with Crippen LogP contribution in [0.25, 0.3) is 5.57 Å². The van der Waals surface area contributed by atoms with Gasteiger partial charge in [-0.2, -0.15) is 0 Å². The molecule has 0 atom stereocenters. The maximum absolute atomic E-state index is 12.4. The number of benzene rings is 2. The average molecular weight is 594 g/mol. The number of allylic oxidation sites excluding steroid dienone is 7. The molecule has 1 heterocycles. The van der Waals surface area contributed by atoms with Gasteiger partial charge in [0.25, 0.3) is 0 Å². The molecule has 0 aromatic heterocycles. The summed E-state index contributed by atoms with van der Waals surface area (Å²) < 4.78 is 6.57. The highest BCUT2D eigenvalue weighted by Gasteiger charge is 2.26. The molecule has 39 heavy (non-hydrogen) atoms. The summed E-state index contributed by atoms with van der Waals surface area (Å²) in [7, 11) is 0. The van der Waals surface area contributed by atoms with Gasteiger partial charge in [0.1, 0.15) is 5.60 Å². The van der Waals surface area contributed by atoms with Crippen molar-refractivity contribution in [3.05, 3.63) is 106 Å². The van der Waals surface area contributed by atoms with E-state index in [4.69, 9.17) is 4.74 Å². The van der Waals surface area contributed by atoms with E-state index in [0.29, 0.717) is 19.5 Å². The Labute approximate surface area is 242 Å². The molecule has 1 aliphatic heterocycles. The minimum atomic E-state index is -0.488. The van der Waals surface area contributed by atoms with Crippen molar-refractivity contribution in [3.63, 3.8) is 0 Å². The third kappa shape index (κ3) is 9.55. The predicted molar refractivity (Wildman–Crippen MR) is 166 cm³/mol. The van der Waals surface area contributed by atoms with E-state index in [1.165, 1.54) is 5.57 Å². The number of nitrogens with zero attached hydrogens (tertiary/aromatic N) is 2. The first-order valence-electron chi connectivity index (χ1n) is 13.6. The molecule has 0 aliphatic carbocycles. The highest BCUT2D eigenvalue weighted by Crippen LogP contribution is 2.32. The lowest BCUT2D eigenvalue weighted by Crippen LogP contribution is -2.50. The fourth-order valence-electron chi connectivity index (χ4n) is 4.44. The summed E-state index contributed by atoms with van der Waals surface area (Å²) in [6.45, 7) is 10.6. The number of halogens is 1. The Kier molecular flexibility index (Phi) is 11.6. The van der Waals surface area contributed by atoms with E-state index < -0.39 is 5.60 Å². The monoisotopic (exact) mass is 592 g/mol. The van der Waals surface area contributed by atoms with Crippen molar-refractivity contribution < 1.29 is 14.6 Å². The molecular weight excluding hydrogens is 552 g/mol. The summed E-state index contributed by atoms with van der Waals surface area (Å²) in [6.07, 6.45) is 13.5. The molecule has 208 valence electrons. The van der Waals surface area contributed by atoms with Gasteiger partial charge in [0, 0.05) is 42.9 Å². The number of amides is 1. The number of aliphatic hydroxyl groups excluding tert-OH is 1. The lowest BCUT2D eigenvalue weighted by Gasteiger charge is -2.36. The molecule has 3 rings (SSSR count). The molecule has 5 nitrogen and oxygen atoms in total. The van der Waals surface area contributed by atoms with Gasteiger partial charge in [-0.25, -0.2) is 4.79 Å². The predicted octanol–water partition coefficient (Wildman–Crippen LogP) is 7.77. The zero-order valence-electron chi connectivity index (χ0n) is 23.6. The van der Waals surface area contributed by atoms with Crippen LogP contribution < -0.4 is 4.90 Å². The fraction of sp³-hybridized carbons (Fsp3) is 0.364. The van der Waals surface area contributed by atoms with Crippen molar-refractivity contribution in [2.24, 2.45) is 0 Å². The Hall–Kier alpha value is -3.09. The molecule has 0 radical (unpaired) electrons. The first-order chi connectivity index (χ1) is 18.7. The molecule has 1 amide bonds. The van der Waals surface area contributed by atoms with Gasteiger partial charge in [-0.15, -0.1) is 0 Å². The zero-order chi connectivity index (χ0) is 28.3. The Balaban J connectivity index is 1.87. The molecular formula is C33H41BrN2O3. The van der Waals surface area contributed by atoms with E-state index in [2.05, 4.69) is 81.5 Å². The van der Waals surface area contributed by atoms with Crippen LogP contribution >= 0.6 is 15.9 Å². The molecule has 1 saturated heterocycles. The number of piperazine rings is 1. The summed E-state index contributed by atoms with van der Waals surface area (Å²) in [6, 6.07) is 17.1. The number of hydrogen-bond acceptors (Lipinski definition) is 4. The number of aliphatic hydroxyl groups is 1. The lowest BCUT2D eigenvalue weighted by atomic mass is 9.90. The normalized spacial score (nSPS) is 15.4. The number of carbonyl (C=O) groups excluding carboxylic acids is 1. The van der Waals surface area contributed by atoms with Crippen LogP contribution in [-0.2, 0) is 4.74 Å². The maximum Gasteiger partial charge on any atom is 0.410 e. The second kappa shape index (κ2) is 14.9. The molecule has 1 aliphatic rings. The summed E-state index contributed by atoms with van der Waals surface area (Å²) in [5.74, 6) is 0. The number of hydrogen-bond donors (Lipinski definition) is 1. The van der Waals surface area contributed by atoms with E-state index >= 15 is 0 Å². The van der Waals surface area contributed by atoms with Crippen LogP contribution in [0.5, 0.6) is 0 Å². The SMILES string of the molecule is C\C=C/C=C\C=C\C(CCCO)=C(\c1ccc(Br)cc1)c1ccc(N2CCN(C(=O)OC(C)(C)C)CC2)cc1.